The first-order valence-corrected chi connectivity index (χ1v) is 6.43. The fraction of sp³-hybridized carbons (Fsp3) is 0.692. The maximum atomic E-state index is 12.5. The molecule has 1 fully saturated rings. The third-order valence-corrected chi connectivity index (χ3v) is 3.90. The van der Waals surface area contributed by atoms with E-state index in [2.05, 4.69) is 4.98 Å². The quantitative estimate of drug-likeness (QED) is 0.849. The van der Waals surface area contributed by atoms with Gasteiger partial charge in [-0.05, 0) is 25.7 Å². The second-order valence-electron chi connectivity index (χ2n) is 5.19. The maximum absolute atomic E-state index is 12.5. The Morgan fingerprint density at radius 3 is 2.47 bits per heavy atom. The van der Waals surface area contributed by atoms with Gasteiger partial charge in [0.15, 0.2) is 0 Å². The number of aromatic nitrogens is 2. The molecule has 0 saturated heterocycles. The lowest BCUT2D eigenvalue weighted by molar-refractivity contribution is -0.184. The van der Waals surface area contributed by atoms with Crippen molar-refractivity contribution in [2.45, 2.75) is 38.3 Å². The number of hydrogen-bond donors (Lipinski definition) is 0. The molecule has 1 heterocycles. The summed E-state index contributed by atoms with van der Waals surface area (Å²) < 4.78 is 39.4. The number of ketones is 1. The average Bonchev–Trinajstić information content (AvgIpc) is 2.74. The van der Waals surface area contributed by atoms with Gasteiger partial charge in [0.2, 0.25) is 0 Å². The summed E-state index contributed by atoms with van der Waals surface area (Å²) in [5, 5.41) is 0. The zero-order valence-electron chi connectivity index (χ0n) is 10.8. The fourth-order valence-corrected chi connectivity index (χ4v) is 2.61. The van der Waals surface area contributed by atoms with E-state index in [1.807, 2.05) is 0 Å². The summed E-state index contributed by atoms with van der Waals surface area (Å²) in [6.07, 6.45) is 0.284. The molecule has 0 bridgehead atoms. The number of halogens is 3. The first-order valence-electron chi connectivity index (χ1n) is 6.43. The number of Topliss-reactive ketones (excluding diaryl/α,β-unsaturated/α-hetero) is 1. The van der Waals surface area contributed by atoms with Crippen LogP contribution in [0.2, 0.25) is 0 Å². The van der Waals surface area contributed by atoms with Gasteiger partial charge in [-0.3, -0.25) is 4.79 Å². The highest BCUT2D eigenvalue weighted by atomic mass is 19.4. The standard InChI is InChI=1S/C13H17F3N2O/c1-18-7-6-17-12(18)8-11(19)9-2-4-10(5-3-9)13(14,15)16/h6-7,9-10H,2-5,8H2,1H3. The molecule has 1 aromatic rings. The van der Waals surface area contributed by atoms with Crippen molar-refractivity contribution in [3.8, 4) is 0 Å². The topological polar surface area (TPSA) is 34.9 Å². The van der Waals surface area contributed by atoms with E-state index in [-0.39, 0.29) is 31.0 Å². The molecule has 0 spiro atoms. The molecule has 0 unspecified atom stereocenters. The molecule has 6 heteroatoms. The lowest BCUT2D eigenvalue weighted by Crippen LogP contribution is -2.31. The molecule has 0 atom stereocenters. The van der Waals surface area contributed by atoms with Crippen molar-refractivity contribution >= 4 is 5.78 Å². The number of rotatable bonds is 3. The minimum Gasteiger partial charge on any atom is -0.338 e. The molecule has 0 amide bonds. The van der Waals surface area contributed by atoms with E-state index >= 15 is 0 Å². The van der Waals surface area contributed by atoms with Crippen molar-refractivity contribution < 1.29 is 18.0 Å². The van der Waals surface area contributed by atoms with Crippen LogP contribution in [0.15, 0.2) is 12.4 Å². The predicted molar refractivity (Wildman–Crippen MR) is 63.4 cm³/mol. The van der Waals surface area contributed by atoms with Gasteiger partial charge in [-0.1, -0.05) is 0 Å². The van der Waals surface area contributed by atoms with Gasteiger partial charge in [0.25, 0.3) is 0 Å². The van der Waals surface area contributed by atoms with Crippen LogP contribution in [-0.2, 0) is 18.3 Å². The lowest BCUT2D eigenvalue weighted by Gasteiger charge is -2.29. The van der Waals surface area contributed by atoms with Crippen LogP contribution in [-0.4, -0.2) is 21.5 Å². The van der Waals surface area contributed by atoms with Gasteiger partial charge in [0.1, 0.15) is 11.6 Å². The summed E-state index contributed by atoms with van der Waals surface area (Å²) in [6.45, 7) is 0. The Kier molecular flexibility index (Phi) is 3.96. The molecule has 0 aliphatic heterocycles. The number of imidazole rings is 1. The normalized spacial score (nSPS) is 24.4. The van der Waals surface area contributed by atoms with Crippen LogP contribution in [0.4, 0.5) is 13.2 Å². The Balaban J connectivity index is 1.88. The highest BCUT2D eigenvalue weighted by Crippen LogP contribution is 2.39. The van der Waals surface area contributed by atoms with E-state index in [1.165, 1.54) is 0 Å². The van der Waals surface area contributed by atoms with Gasteiger partial charge in [-0.2, -0.15) is 13.2 Å². The summed E-state index contributed by atoms with van der Waals surface area (Å²) in [6, 6.07) is 0. The van der Waals surface area contributed by atoms with Crippen LogP contribution < -0.4 is 0 Å². The van der Waals surface area contributed by atoms with E-state index in [0.717, 1.165) is 0 Å². The minimum atomic E-state index is -4.12. The Hall–Kier alpha value is -1.33. The second kappa shape index (κ2) is 5.35. The molecule has 2 rings (SSSR count). The van der Waals surface area contributed by atoms with E-state index in [4.69, 9.17) is 0 Å². The number of alkyl halides is 3. The molecule has 0 N–H and O–H groups in total. The molecule has 3 nitrogen and oxygen atoms in total. The van der Waals surface area contributed by atoms with Crippen molar-refractivity contribution in [1.29, 1.82) is 0 Å². The highest BCUT2D eigenvalue weighted by molar-refractivity contribution is 5.82. The Bertz CT molecular complexity index is 445. The van der Waals surface area contributed by atoms with Gasteiger partial charge < -0.3 is 4.57 Å². The van der Waals surface area contributed by atoms with Gasteiger partial charge in [0.05, 0.1) is 12.3 Å². The van der Waals surface area contributed by atoms with Gasteiger partial charge in [-0.15, -0.1) is 0 Å². The summed E-state index contributed by atoms with van der Waals surface area (Å²) in [5.41, 5.74) is 0. The lowest BCUT2D eigenvalue weighted by atomic mass is 9.79. The van der Waals surface area contributed by atoms with Gasteiger partial charge >= 0.3 is 6.18 Å². The van der Waals surface area contributed by atoms with Crippen molar-refractivity contribution in [1.82, 2.24) is 9.55 Å². The average molecular weight is 274 g/mol. The summed E-state index contributed by atoms with van der Waals surface area (Å²) in [4.78, 5) is 16.1. The third-order valence-electron chi connectivity index (χ3n) is 3.90. The van der Waals surface area contributed by atoms with E-state index in [0.29, 0.717) is 18.7 Å². The highest BCUT2D eigenvalue weighted by Gasteiger charge is 2.42. The zero-order chi connectivity index (χ0) is 14.0. The molecular weight excluding hydrogens is 257 g/mol. The van der Waals surface area contributed by atoms with E-state index < -0.39 is 12.1 Å². The molecule has 1 saturated carbocycles. The van der Waals surface area contributed by atoms with Crippen LogP contribution in [0.25, 0.3) is 0 Å². The van der Waals surface area contributed by atoms with Crippen LogP contribution in [0.5, 0.6) is 0 Å². The number of nitrogens with zero attached hydrogens (tertiary/aromatic N) is 2. The summed E-state index contributed by atoms with van der Waals surface area (Å²) in [5.74, 6) is -0.794. The summed E-state index contributed by atoms with van der Waals surface area (Å²) in [7, 11) is 1.80. The minimum absolute atomic E-state index is 0.00919. The third kappa shape index (κ3) is 3.36. The molecule has 1 aliphatic carbocycles. The molecular formula is C13H17F3N2O. The number of hydrogen-bond acceptors (Lipinski definition) is 2. The summed E-state index contributed by atoms with van der Waals surface area (Å²) >= 11 is 0. The Labute approximate surface area is 109 Å². The second-order valence-corrected chi connectivity index (χ2v) is 5.19. The van der Waals surface area contributed by atoms with Crippen LogP contribution in [0, 0.1) is 11.8 Å². The van der Waals surface area contributed by atoms with Gasteiger partial charge in [0, 0.05) is 25.4 Å². The van der Waals surface area contributed by atoms with Crippen LogP contribution >= 0.6 is 0 Å². The molecule has 106 valence electrons. The first kappa shape index (κ1) is 14.1. The van der Waals surface area contributed by atoms with Crippen LogP contribution in [0.1, 0.15) is 31.5 Å². The van der Waals surface area contributed by atoms with Crippen LogP contribution in [0.3, 0.4) is 0 Å². The number of aryl methyl sites for hydroxylation is 1. The largest absolute Gasteiger partial charge is 0.391 e. The van der Waals surface area contributed by atoms with Crippen molar-refractivity contribution in [3.05, 3.63) is 18.2 Å². The zero-order valence-corrected chi connectivity index (χ0v) is 10.8. The van der Waals surface area contributed by atoms with Crippen molar-refractivity contribution in [3.63, 3.8) is 0 Å². The number of carbonyl (C=O) groups excluding carboxylic acids is 1. The fourth-order valence-electron chi connectivity index (χ4n) is 2.61. The van der Waals surface area contributed by atoms with E-state index in [9.17, 15) is 18.0 Å². The van der Waals surface area contributed by atoms with Crippen molar-refractivity contribution in [2.75, 3.05) is 0 Å². The molecule has 1 aromatic heterocycles. The smallest absolute Gasteiger partial charge is 0.338 e. The van der Waals surface area contributed by atoms with Gasteiger partial charge in [-0.25, -0.2) is 4.98 Å². The Morgan fingerprint density at radius 1 is 1.37 bits per heavy atom. The van der Waals surface area contributed by atoms with E-state index in [1.54, 1.807) is 24.0 Å². The monoisotopic (exact) mass is 274 g/mol. The molecule has 0 radical (unpaired) electrons. The Morgan fingerprint density at radius 2 is 2.00 bits per heavy atom. The predicted octanol–water partition coefficient (Wildman–Crippen LogP) is 2.90. The molecule has 19 heavy (non-hydrogen) atoms. The number of carbonyl (C=O) groups is 1. The SMILES string of the molecule is Cn1ccnc1CC(=O)C1CCC(C(F)(F)F)CC1. The molecule has 0 aromatic carbocycles. The van der Waals surface area contributed by atoms with Crippen molar-refractivity contribution in [2.24, 2.45) is 18.9 Å². The maximum Gasteiger partial charge on any atom is 0.391 e. The molecule has 1 aliphatic rings. The first-order chi connectivity index (χ1) is 8.88.